The van der Waals surface area contributed by atoms with Crippen molar-refractivity contribution in [2.75, 3.05) is 0 Å². The lowest BCUT2D eigenvalue weighted by molar-refractivity contribution is -0.150. The standard InChI is InChI=1S/C17H20O4/c1-8-5-6-12-9(2)7-13(20-11(4)18)15-10(3)17(19)21-16(15)14(8)12/h5-6,10,13-16H,1,7H2,2-4H3/t10-,13-,14?,15-,16+/m1/s1. The van der Waals surface area contributed by atoms with Gasteiger partial charge in [0.15, 0.2) is 0 Å². The first-order valence-electron chi connectivity index (χ1n) is 7.34. The summed E-state index contributed by atoms with van der Waals surface area (Å²) >= 11 is 0. The van der Waals surface area contributed by atoms with Crippen LogP contribution in [0, 0.1) is 17.8 Å². The molecule has 21 heavy (non-hydrogen) atoms. The van der Waals surface area contributed by atoms with Gasteiger partial charge >= 0.3 is 11.9 Å². The van der Waals surface area contributed by atoms with Crippen LogP contribution in [0.3, 0.4) is 0 Å². The molecule has 3 aliphatic rings. The van der Waals surface area contributed by atoms with Crippen molar-refractivity contribution in [2.24, 2.45) is 17.8 Å². The minimum absolute atomic E-state index is 0.00413. The van der Waals surface area contributed by atoms with E-state index in [9.17, 15) is 9.59 Å². The average Bonchev–Trinajstić information content (AvgIpc) is 2.86. The number of carbonyl (C=O) groups excluding carboxylic acids is 2. The molecule has 0 aromatic carbocycles. The largest absolute Gasteiger partial charge is 0.462 e. The SMILES string of the molecule is C=C1C=CC2=C(C)C[C@@H](OC(C)=O)[C@H]3[C@@H](C)C(=O)O[C@H]3C12. The molecule has 0 N–H and O–H groups in total. The fourth-order valence-electron chi connectivity index (χ4n) is 3.87. The van der Waals surface area contributed by atoms with Gasteiger partial charge in [-0.1, -0.05) is 31.2 Å². The van der Waals surface area contributed by atoms with Crippen molar-refractivity contribution < 1.29 is 19.1 Å². The molecule has 3 rings (SSSR count). The van der Waals surface area contributed by atoms with Gasteiger partial charge in [0.2, 0.25) is 0 Å². The summed E-state index contributed by atoms with van der Waals surface area (Å²) in [6.45, 7) is 9.41. The van der Waals surface area contributed by atoms with Crippen molar-refractivity contribution in [1.82, 2.24) is 0 Å². The van der Waals surface area contributed by atoms with Crippen molar-refractivity contribution in [2.45, 2.75) is 39.4 Å². The van der Waals surface area contributed by atoms with Gasteiger partial charge in [0.1, 0.15) is 12.2 Å². The van der Waals surface area contributed by atoms with Crippen LogP contribution in [-0.2, 0) is 19.1 Å². The van der Waals surface area contributed by atoms with Gasteiger partial charge < -0.3 is 9.47 Å². The summed E-state index contributed by atoms with van der Waals surface area (Å²) in [6.07, 6.45) is 4.08. The molecule has 2 aliphatic carbocycles. The molecule has 0 aromatic heterocycles. The fraction of sp³-hybridized carbons (Fsp3) is 0.529. The zero-order valence-corrected chi connectivity index (χ0v) is 12.6. The molecule has 1 aliphatic heterocycles. The zero-order valence-electron chi connectivity index (χ0n) is 12.6. The van der Waals surface area contributed by atoms with Crippen LogP contribution < -0.4 is 0 Å². The molecule has 4 nitrogen and oxygen atoms in total. The third kappa shape index (κ3) is 2.13. The minimum Gasteiger partial charge on any atom is -0.462 e. The summed E-state index contributed by atoms with van der Waals surface area (Å²) in [5.74, 6) is -0.898. The van der Waals surface area contributed by atoms with Crippen LogP contribution in [-0.4, -0.2) is 24.1 Å². The molecule has 1 unspecified atom stereocenters. The third-order valence-electron chi connectivity index (χ3n) is 4.87. The van der Waals surface area contributed by atoms with Crippen molar-refractivity contribution >= 4 is 11.9 Å². The van der Waals surface area contributed by atoms with E-state index < -0.39 is 0 Å². The second-order valence-corrected chi connectivity index (χ2v) is 6.24. The molecule has 1 fully saturated rings. The average molecular weight is 288 g/mol. The van der Waals surface area contributed by atoms with E-state index in [2.05, 4.69) is 13.5 Å². The van der Waals surface area contributed by atoms with Crippen LogP contribution >= 0.6 is 0 Å². The van der Waals surface area contributed by atoms with Crippen molar-refractivity contribution in [3.63, 3.8) is 0 Å². The Morgan fingerprint density at radius 2 is 2.14 bits per heavy atom. The van der Waals surface area contributed by atoms with Gasteiger partial charge in [0.25, 0.3) is 0 Å². The molecule has 0 saturated carbocycles. The van der Waals surface area contributed by atoms with Crippen molar-refractivity contribution in [1.29, 1.82) is 0 Å². The molecule has 5 atom stereocenters. The number of hydrogen-bond acceptors (Lipinski definition) is 4. The maximum Gasteiger partial charge on any atom is 0.309 e. The molecule has 0 aromatic rings. The normalized spacial score (nSPS) is 38.0. The molecule has 4 heteroatoms. The minimum atomic E-state index is -0.315. The van der Waals surface area contributed by atoms with Crippen LogP contribution in [0.25, 0.3) is 0 Å². The predicted molar refractivity (Wildman–Crippen MR) is 77.2 cm³/mol. The summed E-state index contributed by atoms with van der Waals surface area (Å²) in [4.78, 5) is 23.5. The molecule has 112 valence electrons. The first-order valence-corrected chi connectivity index (χ1v) is 7.34. The highest BCUT2D eigenvalue weighted by Crippen LogP contribution is 2.48. The summed E-state index contributed by atoms with van der Waals surface area (Å²) < 4.78 is 11.2. The van der Waals surface area contributed by atoms with E-state index in [0.717, 1.165) is 11.1 Å². The number of ether oxygens (including phenoxy) is 2. The lowest BCUT2D eigenvalue weighted by Crippen LogP contribution is -2.37. The van der Waals surface area contributed by atoms with E-state index in [1.807, 2.05) is 19.1 Å². The molecule has 0 spiro atoms. The zero-order chi connectivity index (χ0) is 15.3. The van der Waals surface area contributed by atoms with Crippen LogP contribution in [0.2, 0.25) is 0 Å². The molecular weight excluding hydrogens is 268 g/mol. The maximum absolute atomic E-state index is 12.0. The lowest BCUT2D eigenvalue weighted by Gasteiger charge is -2.29. The third-order valence-corrected chi connectivity index (χ3v) is 4.87. The predicted octanol–water partition coefficient (Wildman–Crippen LogP) is 2.56. The van der Waals surface area contributed by atoms with E-state index in [0.29, 0.717) is 6.42 Å². The van der Waals surface area contributed by atoms with Crippen molar-refractivity contribution in [3.8, 4) is 0 Å². The second-order valence-electron chi connectivity index (χ2n) is 6.24. The van der Waals surface area contributed by atoms with E-state index in [1.165, 1.54) is 12.5 Å². The number of hydrogen-bond donors (Lipinski definition) is 0. The maximum atomic E-state index is 12.0. The topological polar surface area (TPSA) is 52.6 Å². The van der Waals surface area contributed by atoms with E-state index >= 15 is 0 Å². The second kappa shape index (κ2) is 4.86. The monoisotopic (exact) mass is 288 g/mol. The smallest absolute Gasteiger partial charge is 0.309 e. The van der Waals surface area contributed by atoms with Gasteiger partial charge in [-0.3, -0.25) is 9.59 Å². The van der Waals surface area contributed by atoms with E-state index in [-0.39, 0.29) is 41.9 Å². The molecule has 0 amide bonds. The lowest BCUT2D eigenvalue weighted by atomic mass is 9.80. The van der Waals surface area contributed by atoms with Crippen LogP contribution in [0.5, 0.6) is 0 Å². The van der Waals surface area contributed by atoms with E-state index in [1.54, 1.807) is 0 Å². The number of esters is 2. The van der Waals surface area contributed by atoms with Crippen LogP contribution in [0.4, 0.5) is 0 Å². The summed E-state index contributed by atoms with van der Waals surface area (Å²) in [5, 5.41) is 0. The van der Waals surface area contributed by atoms with Gasteiger partial charge in [-0.15, -0.1) is 0 Å². The highest BCUT2D eigenvalue weighted by Gasteiger charge is 2.53. The van der Waals surface area contributed by atoms with Crippen molar-refractivity contribution in [3.05, 3.63) is 35.5 Å². The quantitative estimate of drug-likeness (QED) is 0.696. The number of rotatable bonds is 1. The Balaban J connectivity index is 2.05. The highest BCUT2D eigenvalue weighted by atomic mass is 16.6. The Bertz CT molecular complexity index is 584. The first-order chi connectivity index (χ1) is 9.90. The van der Waals surface area contributed by atoms with E-state index in [4.69, 9.17) is 9.47 Å². The summed E-state index contributed by atoms with van der Waals surface area (Å²) in [6, 6.07) is 0. The Hall–Kier alpha value is -1.84. The summed E-state index contributed by atoms with van der Waals surface area (Å²) in [7, 11) is 0. The Morgan fingerprint density at radius 3 is 2.81 bits per heavy atom. The molecule has 0 radical (unpaired) electrons. The number of carbonyl (C=O) groups is 2. The van der Waals surface area contributed by atoms with Gasteiger partial charge in [-0.2, -0.15) is 0 Å². The van der Waals surface area contributed by atoms with Crippen LogP contribution in [0.1, 0.15) is 27.2 Å². The Kier molecular flexibility index (Phi) is 3.27. The highest BCUT2D eigenvalue weighted by molar-refractivity contribution is 5.76. The summed E-state index contributed by atoms with van der Waals surface area (Å²) in [5.41, 5.74) is 3.30. The first kappa shape index (κ1) is 14.1. The van der Waals surface area contributed by atoms with Gasteiger partial charge in [-0.25, -0.2) is 0 Å². The fourth-order valence-corrected chi connectivity index (χ4v) is 3.87. The van der Waals surface area contributed by atoms with Crippen LogP contribution in [0.15, 0.2) is 35.5 Å². The Morgan fingerprint density at radius 1 is 1.43 bits per heavy atom. The van der Waals surface area contributed by atoms with Gasteiger partial charge in [0.05, 0.1) is 5.92 Å². The molecule has 0 bridgehead atoms. The van der Waals surface area contributed by atoms with Gasteiger partial charge in [0, 0.05) is 25.2 Å². The molecule has 1 heterocycles. The number of allylic oxidation sites excluding steroid dienone is 2. The van der Waals surface area contributed by atoms with Gasteiger partial charge in [-0.05, 0) is 18.1 Å². The Labute approximate surface area is 124 Å². The number of fused-ring (bicyclic) bond motifs is 3. The molecular formula is C17H20O4. The molecule has 1 saturated heterocycles.